The molecule has 138 valence electrons. The Morgan fingerprint density at radius 3 is 2.96 bits per heavy atom. The zero-order valence-electron chi connectivity index (χ0n) is 14.6. The van der Waals surface area contributed by atoms with E-state index in [0.717, 1.165) is 35.1 Å². The van der Waals surface area contributed by atoms with Gasteiger partial charge in [-0.15, -0.1) is 0 Å². The van der Waals surface area contributed by atoms with Crippen LogP contribution in [-0.4, -0.2) is 34.0 Å². The number of carbonyl (C=O) groups excluding carboxylic acids is 1. The molecule has 2 aliphatic rings. The van der Waals surface area contributed by atoms with E-state index >= 15 is 0 Å². The van der Waals surface area contributed by atoms with Gasteiger partial charge < -0.3 is 19.4 Å². The molecule has 0 atom stereocenters. The Kier molecular flexibility index (Phi) is 5.34. The molecule has 0 spiro atoms. The fraction of sp³-hybridized carbons (Fsp3) is 0.474. The van der Waals surface area contributed by atoms with E-state index in [1.165, 1.54) is 31.0 Å². The zero-order chi connectivity index (χ0) is 17.8. The van der Waals surface area contributed by atoms with Crippen LogP contribution in [0.4, 0.5) is 0 Å². The van der Waals surface area contributed by atoms with Gasteiger partial charge in [0.05, 0.1) is 5.75 Å². The van der Waals surface area contributed by atoms with E-state index in [-0.39, 0.29) is 12.7 Å². The quantitative estimate of drug-likeness (QED) is 0.788. The third-order valence-corrected chi connectivity index (χ3v) is 5.77. The monoisotopic (exact) mass is 373 g/mol. The number of thioether (sulfide) groups is 1. The van der Waals surface area contributed by atoms with Crippen LogP contribution in [0.2, 0.25) is 0 Å². The summed E-state index contributed by atoms with van der Waals surface area (Å²) in [6.07, 6.45) is 9.65. The van der Waals surface area contributed by atoms with Gasteiger partial charge in [-0.3, -0.25) is 4.79 Å². The highest BCUT2D eigenvalue weighted by Gasteiger charge is 2.17. The third-order valence-electron chi connectivity index (χ3n) is 4.77. The van der Waals surface area contributed by atoms with Gasteiger partial charge in [0, 0.05) is 25.0 Å². The number of imidazole rings is 1. The average molecular weight is 373 g/mol. The molecule has 4 rings (SSSR count). The van der Waals surface area contributed by atoms with Gasteiger partial charge in [-0.2, -0.15) is 0 Å². The number of aromatic nitrogens is 2. The van der Waals surface area contributed by atoms with E-state index < -0.39 is 0 Å². The van der Waals surface area contributed by atoms with Crippen LogP contribution in [0, 0.1) is 0 Å². The number of hydrogen-bond acceptors (Lipinski definition) is 5. The van der Waals surface area contributed by atoms with E-state index in [4.69, 9.17) is 9.47 Å². The summed E-state index contributed by atoms with van der Waals surface area (Å²) in [5.74, 6) is 2.06. The minimum Gasteiger partial charge on any atom is -0.454 e. The second kappa shape index (κ2) is 8.03. The smallest absolute Gasteiger partial charge is 0.231 e. The van der Waals surface area contributed by atoms with Crippen LogP contribution in [0.15, 0.2) is 35.7 Å². The van der Waals surface area contributed by atoms with Crippen LogP contribution in [-0.2, 0) is 11.3 Å². The molecule has 1 aliphatic carbocycles. The van der Waals surface area contributed by atoms with Crippen LogP contribution >= 0.6 is 11.8 Å². The molecule has 2 aromatic rings. The fourth-order valence-corrected chi connectivity index (χ4v) is 4.21. The van der Waals surface area contributed by atoms with Crippen molar-refractivity contribution in [2.45, 2.75) is 49.8 Å². The number of nitrogens with zero attached hydrogens (tertiary/aromatic N) is 2. The Hall–Kier alpha value is -2.15. The molecule has 1 N–H and O–H groups in total. The van der Waals surface area contributed by atoms with Gasteiger partial charge in [0.1, 0.15) is 0 Å². The molecule has 26 heavy (non-hydrogen) atoms. The molecule has 7 heteroatoms. The van der Waals surface area contributed by atoms with Gasteiger partial charge in [0.15, 0.2) is 16.7 Å². The molecular formula is C19H23N3O3S. The van der Waals surface area contributed by atoms with Crippen LogP contribution in [0.1, 0.15) is 37.7 Å². The Labute approximate surface area is 157 Å². The predicted octanol–water partition coefficient (Wildman–Crippen LogP) is 3.20. The fourth-order valence-electron chi connectivity index (χ4n) is 3.44. The van der Waals surface area contributed by atoms with Crippen LogP contribution in [0.5, 0.6) is 11.5 Å². The van der Waals surface area contributed by atoms with Crippen LogP contribution in [0.3, 0.4) is 0 Å². The number of ether oxygens (including phenoxy) is 2. The number of amides is 1. The number of fused-ring (bicyclic) bond motifs is 1. The summed E-state index contributed by atoms with van der Waals surface area (Å²) in [6.45, 7) is 0.963. The first-order valence-corrected chi connectivity index (χ1v) is 10.1. The van der Waals surface area contributed by atoms with E-state index in [1.807, 2.05) is 24.4 Å². The summed E-state index contributed by atoms with van der Waals surface area (Å²) in [5, 5.41) is 4.00. The summed E-state index contributed by atoms with van der Waals surface area (Å²) in [5.41, 5.74) is 1.11. The van der Waals surface area contributed by atoms with E-state index in [1.54, 1.807) is 6.20 Å². The van der Waals surface area contributed by atoms with Crippen LogP contribution in [0.25, 0.3) is 0 Å². The molecule has 0 unspecified atom stereocenters. The van der Waals surface area contributed by atoms with Gasteiger partial charge in [0.2, 0.25) is 12.7 Å². The second-order valence-electron chi connectivity index (χ2n) is 6.72. The number of carbonyl (C=O) groups is 1. The number of hydrogen-bond donors (Lipinski definition) is 1. The summed E-state index contributed by atoms with van der Waals surface area (Å²) in [4.78, 5) is 16.6. The highest BCUT2D eigenvalue weighted by atomic mass is 32.2. The minimum atomic E-state index is 0.0968. The Bertz CT molecular complexity index is 771. The Morgan fingerprint density at radius 1 is 1.23 bits per heavy atom. The van der Waals surface area contributed by atoms with E-state index in [9.17, 15) is 4.79 Å². The lowest BCUT2D eigenvalue weighted by Gasteiger charge is -2.22. The highest BCUT2D eigenvalue weighted by molar-refractivity contribution is 7.99. The SMILES string of the molecule is O=C(CSc1nccn1Cc1ccc2c(c1)OCO2)NC1CCCCC1. The van der Waals surface area contributed by atoms with E-state index in [2.05, 4.69) is 14.9 Å². The number of rotatable bonds is 6. The number of nitrogens with one attached hydrogen (secondary N) is 1. The molecule has 0 saturated heterocycles. The molecule has 1 fully saturated rings. The molecule has 1 aromatic carbocycles. The third kappa shape index (κ3) is 4.15. The van der Waals surface area contributed by atoms with Crippen molar-refractivity contribution in [1.82, 2.24) is 14.9 Å². The maximum Gasteiger partial charge on any atom is 0.231 e. The highest BCUT2D eigenvalue weighted by Crippen LogP contribution is 2.33. The summed E-state index contributed by atoms with van der Waals surface area (Å²) >= 11 is 1.48. The molecule has 1 amide bonds. The lowest BCUT2D eigenvalue weighted by Crippen LogP contribution is -2.37. The van der Waals surface area contributed by atoms with Crippen molar-refractivity contribution in [3.8, 4) is 11.5 Å². The molecule has 1 saturated carbocycles. The Morgan fingerprint density at radius 2 is 2.08 bits per heavy atom. The van der Waals surface area contributed by atoms with Crippen molar-refractivity contribution in [3.05, 3.63) is 36.2 Å². The van der Waals surface area contributed by atoms with Gasteiger partial charge >= 0.3 is 0 Å². The normalized spacial score (nSPS) is 16.6. The standard InChI is InChI=1S/C19H23N3O3S/c23-18(21-15-4-2-1-3-5-15)12-26-19-20-8-9-22(19)11-14-6-7-16-17(10-14)25-13-24-16/h6-10,15H,1-5,11-13H2,(H,21,23). The molecule has 1 aliphatic heterocycles. The predicted molar refractivity (Wildman–Crippen MR) is 99.6 cm³/mol. The maximum atomic E-state index is 12.2. The Balaban J connectivity index is 1.32. The van der Waals surface area contributed by atoms with Crippen LogP contribution < -0.4 is 14.8 Å². The molecule has 0 bridgehead atoms. The lowest BCUT2D eigenvalue weighted by atomic mass is 9.95. The molecular weight excluding hydrogens is 350 g/mol. The minimum absolute atomic E-state index is 0.0968. The van der Waals surface area contributed by atoms with Gasteiger partial charge in [-0.05, 0) is 30.5 Å². The molecule has 2 heterocycles. The first-order chi connectivity index (χ1) is 12.8. The van der Waals surface area contributed by atoms with Crippen molar-refractivity contribution < 1.29 is 14.3 Å². The summed E-state index contributed by atoms with van der Waals surface area (Å²) in [7, 11) is 0. The number of benzene rings is 1. The molecule has 6 nitrogen and oxygen atoms in total. The van der Waals surface area contributed by atoms with Crippen molar-refractivity contribution in [2.75, 3.05) is 12.5 Å². The van der Waals surface area contributed by atoms with Gasteiger partial charge in [-0.25, -0.2) is 4.98 Å². The van der Waals surface area contributed by atoms with Crippen molar-refractivity contribution in [2.24, 2.45) is 0 Å². The van der Waals surface area contributed by atoms with Gasteiger partial charge in [0.25, 0.3) is 0 Å². The second-order valence-corrected chi connectivity index (χ2v) is 7.66. The molecule has 1 aromatic heterocycles. The molecule has 0 radical (unpaired) electrons. The largest absolute Gasteiger partial charge is 0.454 e. The average Bonchev–Trinajstić information content (AvgIpc) is 3.29. The first kappa shape index (κ1) is 17.3. The summed E-state index contributed by atoms with van der Waals surface area (Å²) < 4.78 is 12.8. The first-order valence-electron chi connectivity index (χ1n) is 9.10. The van der Waals surface area contributed by atoms with E-state index in [0.29, 0.717) is 18.3 Å². The van der Waals surface area contributed by atoms with Crippen molar-refractivity contribution in [1.29, 1.82) is 0 Å². The zero-order valence-corrected chi connectivity index (χ0v) is 15.5. The lowest BCUT2D eigenvalue weighted by molar-refractivity contribution is -0.119. The summed E-state index contributed by atoms with van der Waals surface area (Å²) in [6, 6.07) is 6.30. The topological polar surface area (TPSA) is 65.4 Å². The van der Waals surface area contributed by atoms with Crippen molar-refractivity contribution in [3.63, 3.8) is 0 Å². The van der Waals surface area contributed by atoms with Crippen molar-refractivity contribution >= 4 is 17.7 Å². The maximum absolute atomic E-state index is 12.2. The van der Waals surface area contributed by atoms with Gasteiger partial charge in [-0.1, -0.05) is 37.1 Å².